The van der Waals surface area contributed by atoms with Gasteiger partial charge in [-0.2, -0.15) is 0 Å². The van der Waals surface area contributed by atoms with Crippen molar-refractivity contribution < 1.29 is 19.4 Å². The van der Waals surface area contributed by atoms with Crippen molar-refractivity contribution in [2.24, 2.45) is 5.92 Å². The highest BCUT2D eigenvalue weighted by molar-refractivity contribution is 5.84. The summed E-state index contributed by atoms with van der Waals surface area (Å²) in [6.07, 6.45) is 0.538. The van der Waals surface area contributed by atoms with E-state index in [1.165, 1.54) is 0 Å². The Labute approximate surface area is 76.1 Å². The Kier molecular flexibility index (Phi) is 3.25. The predicted octanol–water partition coefficient (Wildman–Crippen LogP) is -0.388. The van der Waals surface area contributed by atoms with Crippen molar-refractivity contribution in [3.63, 3.8) is 0 Å². The molecule has 2 N–H and O–H groups in total. The normalized spacial score (nSPS) is 27.2. The van der Waals surface area contributed by atoms with Crippen molar-refractivity contribution in [1.82, 2.24) is 5.32 Å². The summed E-state index contributed by atoms with van der Waals surface area (Å²) in [5, 5.41) is 11.5. The number of aliphatic carboxylic acids is 1. The summed E-state index contributed by atoms with van der Waals surface area (Å²) in [6.45, 7) is 2.55. The molecule has 74 valence electrons. The molecule has 1 aliphatic rings. The van der Waals surface area contributed by atoms with Crippen LogP contribution >= 0.6 is 0 Å². The van der Waals surface area contributed by atoms with Crippen molar-refractivity contribution in [3.8, 4) is 0 Å². The lowest BCUT2D eigenvalue weighted by Gasteiger charge is -2.13. The summed E-state index contributed by atoms with van der Waals surface area (Å²) >= 11 is 0. The fourth-order valence-corrected chi connectivity index (χ4v) is 1.47. The summed E-state index contributed by atoms with van der Waals surface area (Å²) < 4.78 is 4.76. The van der Waals surface area contributed by atoms with Crippen LogP contribution in [-0.4, -0.2) is 36.2 Å². The van der Waals surface area contributed by atoms with Crippen LogP contribution in [0.25, 0.3) is 0 Å². The minimum Gasteiger partial charge on any atom is -0.480 e. The molecule has 0 aromatic carbocycles. The van der Waals surface area contributed by atoms with Gasteiger partial charge in [-0.05, 0) is 19.9 Å². The predicted molar refractivity (Wildman–Crippen MR) is 44.2 cm³/mol. The van der Waals surface area contributed by atoms with E-state index < -0.39 is 23.9 Å². The second kappa shape index (κ2) is 4.23. The standard InChI is InChI=1S/C8H13NO4/c1-2-13-8(12)5-3-4-9-6(5)7(10)11/h5-6,9H,2-4H2,1H3,(H,10,11)/t5-,6-/m1/s1. The molecule has 0 bridgehead atoms. The van der Waals surface area contributed by atoms with Gasteiger partial charge < -0.3 is 15.2 Å². The molecule has 2 atom stereocenters. The molecule has 0 aromatic heterocycles. The van der Waals surface area contributed by atoms with E-state index >= 15 is 0 Å². The third kappa shape index (κ3) is 2.18. The van der Waals surface area contributed by atoms with Crippen LogP contribution in [0.5, 0.6) is 0 Å². The van der Waals surface area contributed by atoms with Crippen LogP contribution in [0.2, 0.25) is 0 Å². The molecule has 0 unspecified atom stereocenters. The first-order chi connectivity index (χ1) is 6.16. The molecule has 5 nitrogen and oxygen atoms in total. The zero-order valence-corrected chi connectivity index (χ0v) is 7.45. The van der Waals surface area contributed by atoms with Gasteiger partial charge in [-0.15, -0.1) is 0 Å². The van der Waals surface area contributed by atoms with Gasteiger partial charge in [-0.1, -0.05) is 0 Å². The van der Waals surface area contributed by atoms with E-state index in [4.69, 9.17) is 9.84 Å². The largest absolute Gasteiger partial charge is 0.480 e. The molecule has 0 saturated carbocycles. The van der Waals surface area contributed by atoms with E-state index in [-0.39, 0.29) is 0 Å². The van der Waals surface area contributed by atoms with E-state index in [9.17, 15) is 9.59 Å². The third-order valence-electron chi connectivity index (χ3n) is 2.08. The molecule has 1 heterocycles. The molecule has 0 radical (unpaired) electrons. The second-order valence-corrected chi connectivity index (χ2v) is 2.92. The molecule has 0 spiro atoms. The minimum absolute atomic E-state index is 0.293. The maximum Gasteiger partial charge on any atom is 0.321 e. The maximum absolute atomic E-state index is 11.2. The minimum atomic E-state index is -0.990. The Balaban J connectivity index is 2.57. The fraction of sp³-hybridized carbons (Fsp3) is 0.750. The van der Waals surface area contributed by atoms with Gasteiger partial charge >= 0.3 is 11.9 Å². The Morgan fingerprint density at radius 2 is 2.31 bits per heavy atom. The third-order valence-corrected chi connectivity index (χ3v) is 2.08. The van der Waals surface area contributed by atoms with Crippen molar-refractivity contribution in [2.75, 3.05) is 13.2 Å². The molecule has 0 aromatic rings. The zero-order chi connectivity index (χ0) is 9.84. The molecule has 0 aliphatic carbocycles. The molecule has 1 fully saturated rings. The van der Waals surface area contributed by atoms with Gasteiger partial charge in [0.25, 0.3) is 0 Å². The van der Waals surface area contributed by atoms with Crippen molar-refractivity contribution in [1.29, 1.82) is 0 Å². The number of hydrogen-bond acceptors (Lipinski definition) is 4. The van der Waals surface area contributed by atoms with Gasteiger partial charge in [0.15, 0.2) is 0 Å². The number of nitrogens with one attached hydrogen (secondary N) is 1. The average Bonchev–Trinajstić information content (AvgIpc) is 2.52. The SMILES string of the molecule is CCOC(=O)[C@@H]1CCN[C@H]1C(=O)O. The molecular formula is C8H13NO4. The molecule has 0 amide bonds. The highest BCUT2D eigenvalue weighted by Gasteiger charge is 2.38. The van der Waals surface area contributed by atoms with Gasteiger partial charge in [-0.3, -0.25) is 9.59 Å². The quantitative estimate of drug-likeness (QED) is 0.588. The van der Waals surface area contributed by atoms with Gasteiger partial charge in [0.1, 0.15) is 6.04 Å². The topological polar surface area (TPSA) is 75.6 Å². The van der Waals surface area contributed by atoms with Crippen molar-refractivity contribution in [3.05, 3.63) is 0 Å². The number of carboxylic acid groups (broad SMARTS) is 1. The monoisotopic (exact) mass is 187 g/mol. The first-order valence-corrected chi connectivity index (χ1v) is 4.29. The summed E-state index contributed by atoms with van der Waals surface area (Å²) in [6, 6.07) is -0.779. The number of rotatable bonds is 3. The maximum atomic E-state index is 11.2. The van der Waals surface area contributed by atoms with Crippen LogP contribution in [0.1, 0.15) is 13.3 Å². The van der Waals surface area contributed by atoms with E-state index in [1.807, 2.05) is 0 Å². The van der Waals surface area contributed by atoms with Crippen molar-refractivity contribution >= 4 is 11.9 Å². The zero-order valence-electron chi connectivity index (χ0n) is 7.45. The number of carbonyl (C=O) groups excluding carboxylic acids is 1. The van der Waals surface area contributed by atoms with Gasteiger partial charge in [0, 0.05) is 0 Å². The molecule has 1 aliphatic heterocycles. The number of esters is 1. The van der Waals surface area contributed by atoms with Gasteiger partial charge in [0.2, 0.25) is 0 Å². The summed E-state index contributed by atoms with van der Waals surface area (Å²) in [7, 11) is 0. The number of carbonyl (C=O) groups is 2. The van der Waals surface area contributed by atoms with Crippen molar-refractivity contribution in [2.45, 2.75) is 19.4 Å². The Morgan fingerprint density at radius 1 is 1.62 bits per heavy atom. The number of carboxylic acids is 1. The first-order valence-electron chi connectivity index (χ1n) is 4.29. The Bertz CT molecular complexity index is 216. The van der Waals surface area contributed by atoms with Crippen LogP contribution in [0.4, 0.5) is 0 Å². The number of ether oxygens (including phenoxy) is 1. The van der Waals surface area contributed by atoms with Gasteiger partial charge in [0.05, 0.1) is 12.5 Å². The second-order valence-electron chi connectivity index (χ2n) is 2.92. The van der Waals surface area contributed by atoms with Crippen LogP contribution < -0.4 is 5.32 Å². The van der Waals surface area contributed by atoms with Crippen LogP contribution in [0.15, 0.2) is 0 Å². The molecule has 1 rings (SSSR count). The van der Waals surface area contributed by atoms with Crippen LogP contribution in [0, 0.1) is 5.92 Å². The Morgan fingerprint density at radius 3 is 2.85 bits per heavy atom. The Hall–Kier alpha value is -1.10. The lowest BCUT2D eigenvalue weighted by molar-refractivity contribution is -0.153. The summed E-state index contributed by atoms with van der Waals surface area (Å²) in [4.78, 5) is 21.9. The summed E-state index contributed by atoms with van der Waals surface area (Å²) in [5.74, 6) is -1.94. The number of hydrogen-bond donors (Lipinski definition) is 2. The molecule has 13 heavy (non-hydrogen) atoms. The highest BCUT2D eigenvalue weighted by atomic mass is 16.5. The van der Waals surface area contributed by atoms with E-state index in [1.54, 1.807) is 6.92 Å². The first kappa shape index (κ1) is 9.98. The molecule has 1 saturated heterocycles. The van der Waals surface area contributed by atoms with Gasteiger partial charge in [-0.25, -0.2) is 0 Å². The smallest absolute Gasteiger partial charge is 0.321 e. The van der Waals surface area contributed by atoms with E-state index in [0.717, 1.165) is 0 Å². The lowest BCUT2D eigenvalue weighted by Crippen LogP contribution is -2.39. The molecular weight excluding hydrogens is 174 g/mol. The lowest BCUT2D eigenvalue weighted by atomic mass is 10.0. The molecule has 5 heteroatoms. The fourth-order valence-electron chi connectivity index (χ4n) is 1.47. The highest BCUT2D eigenvalue weighted by Crippen LogP contribution is 2.17. The van der Waals surface area contributed by atoms with Crippen LogP contribution in [0.3, 0.4) is 0 Å². The van der Waals surface area contributed by atoms with E-state index in [0.29, 0.717) is 19.6 Å². The van der Waals surface area contributed by atoms with E-state index in [2.05, 4.69) is 5.32 Å². The average molecular weight is 187 g/mol. The van der Waals surface area contributed by atoms with Crippen LogP contribution in [-0.2, 0) is 14.3 Å². The summed E-state index contributed by atoms with van der Waals surface area (Å²) in [5.41, 5.74) is 0.